The first kappa shape index (κ1) is 19.3. The van der Waals surface area contributed by atoms with Gasteiger partial charge in [0.05, 0.1) is 4.90 Å². The highest BCUT2D eigenvalue weighted by atomic mass is 127. The first-order valence-corrected chi connectivity index (χ1v) is 11.0. The van der Waals surface area contributed by atoms with Crippen LogP contribution in [0.15, 0.2) is 53.4 Å². The average Bonchev–Trinajstić information content (AvgIpc) is 2.89. The number of carbonyl (C=O) groups excluding carboxylic acids is 1. The van der Waals surface area contributed by atoms with Crippen LogP contribution in [0.3, 0.4) is 0 Å². The van der Waals surface area contributed by atoms with Gasteiger partial charge in [0.25, 0.3) is 5.91 Å². The molecule has 26 heavy (non-hydrogen) atoms. The van der Waals surface area contributed by atoms with E-state index in [1.807, 2.05) is 31.2 Å². The van der Waals surface area contributed by atoms with Gasteiger partial charge in [-0.15, -0.1) is 0 Å². The predicted molar refractivity (Wildman–Crippen MR) is 110 cm³/mol. The van der Waals surface area contributed by atoms with E-state index < -0.39 is 10.0 Å². The Balaban J connectivity index is 1.72. The van der Waals surface area contributed by atoms with Crippen molar-refractivity contribution in [2.75, 3.05) is 26.2 Å². The number of sulfonamides is 1. The SMILES string of the molecule is Cc1ccc(S(=O)(=O)N2CCCN(C(=O)c3ccc(I)cc3)CC2)cc1. The maximum atomic E-state index is 12.9. The Hall–Kier alpha value is -1.45. The standard InChI is InChI=1S/C19H21IN2O3S/c1-15-3-9-18(10-4-15)26(24,25)22-12-2-11-21(13-14-22)19(23)16-5-7-17(20)8-6-16/h3-10H,2,11-14H2,1H3. The van der Waals surface area contributed by atoms with Crippen molar-refractivity contribution in [2.45, 2.75) is 18.2 Å². The third-order valence-corrected chi connectivity index (χ3v) is 7.12. The lowest BCUT2D eigenvalue weighted by atomic mass is 10.2. The number of rotatable bonds is 3. The zero-order chi connectivity index (χ0) is 18.7. The molecule has 7 heteroatoms. The molecule has 1 heterocycles. The third-order valence-electron chi connectivity index (χ3n) is 4.49. The maximum Gasteiger partial charge on any atom is 0.253 e. The average molecular weight is 484 g/mol. The minimum Gasteiger partial charge on any atom is -0.337 e. The van der Waals surface area contributed by atoms with E-state index in [2.05, 4.69) is 22.6 Å². The summed E-state index contributed by atoms with van der Waals surface area (Å²) < 4.78 is 28.3. The third kappa shape index (κ3) is 4.27. The van der Waals surface area contributed by atoms with Gasteiger partial charge < -0.3 is 4.90 Å². The van der Waals surface area contributed by atoms with Gasteiger partial charge in [-0.2, -0.15) is 4.31 Å². The summed E-state index contributed by atoms with van der Waals surface area (Å²) in [5.41, 5.74) is 1.66. The Labute approximate surface area is 168 Å². The second-order valence-electron chi connectivity index (χ2n) is 6.37. The summed E-state index contributed by atoms with van der Waals surface area (Å²) in [7, 11) is -3.53. The smallest absolute Gasteiger partial charge is 0.253 e. The molecular formula is C19H21IN2O3S. The molecule has 2 aromatic rings. The molecule has 138 valence electrons. The summed E-state index contributed by atoms with van der Waals surface area (Å²) >= 11 is 2.20. The molecule has 2 aromatic carbocycles. The van der Waals surface area contributed by atoms with E-state index >= 15 is 0 Å². The topological polar surface area (TPSA) is 57.7 Å². The number of aryl methyl sites for hydroxylation is 1. The van der Waals surface area contributed by atoms with Crippen molar-refractivity contribution in [2.24, 2.45) is 0 Å². The molecule has 0 aromatic heterocycles. The molecule has 0 saturated carbocycles. The van der Waals surface area contributed by atoms with Crippen LogP contribution >= 0.6 is 22.6 Å². The van der Waals surface area contributed by atoms with Crippen LogP contribution in [0.2, 0.25) is 0 Å². The molecule has 0 unspecified atom stereocenters. The maximum absolute atomic E-state index is 12.9. The molecule has 1 aliphatic rings. The molecule has 5 nitrogen and oxygen atoms in total. The van der Waals surface area contributed by atoms with Crippen molar-refractivity contribution in [1.82, 2.24) is 9.21 Å². The minimum absolute atomic E-state index is 0.0454. The van der Waals surface area contributed by atoms with Gasteiger partial charge in [-0.1, -0.05) is 17.7 Å². The molecule has 0 radical (unpaired) electrons. The summed E-state index contributed by atoms with van der Waals surface area (Å²) in [6.07, 6.45) is 0.626. The molecule has 1 aliphatic heterocycles. The number of nitrogens with zero attached hydrogens (tertiary/aromatic N) is 2. The van der Waals surface area contributed by atoms with Gasteiger partial charge >= 0.3 is 0 Å². The van der Waals surface area contributed by atoms with Gasteiger partial charge in [-0.3, -0.25) is 4.79 Å². The van der Waals surface area contributed by atoms with Crippen LogP contribution in [-0.2, 0) is 10.0 Å². The molecule has 3 rings (SSSR count). The van der Waals surface area contributed by atoms with Crippen LogP contribution in [0.25, 0.3) is 0 Å². The summed E-state index contributed by atoms with van der Waals surface area (Å²) in [4.78, 5) is 14.7. The predicted octanol–water partition coefficient (Wildman–Crippen LogP) is 3.14. The van der Waals surface area contributed by atoms with Gasteiger partial charge in [0.2, 0.25) is 10.0 Å². The second-order valence-corrected chi connectivity index (χ2v) is 9.55. The van der Waals surface area contributed by atoms with Crippen molar-refractivity contribution in [3.8, 4) is 0 Å². The lowest BCUT2D eigenvalue weighted by molar-refractivity contribution is 0.0764. The Bertz CT molecular complexity index is 880. The van der Waals surface area contributed by atoms with Gasteiger partial charge in [-0.05, 0) is 72.3 Å². The van der Waals surface area contributed by atoms with Crippen molar-refractivity contribution in [3.05, 3.63) is 63.2 Å². The van der Waals surface area contributed by atoms with Crippen molar-refractivity contribution in [1.29, 1.82) is 0 Å². The normalized spacial score (nSPS) is 16.3. The van der Waals surface area contributed by atoms with Crippen LogP contribution in [0.1, 0.15) is 22.3 Å². The molecule has 0 aliphatic carbocycles. The zero-order valence-electron chi connectivity index (χ0n) is 14.6. The number of hydrogen-bond acceptors (Lipinski definition) is 3. The van der Waals surface area contributed by atoms with Gasteiger partial charge in [0, 0.05) is 35.3 Å². The summed E-state index contributed by atoms with van der Waals surface area (Å²) in [6.45, 7) is 3.62. The second kappa shape index (κ2) is 8.06. The molecule has 1 saturated heterocycles. The number of benzene rings is 2. The van der Waals surface area contributed by atoms with E-state index in [0.717, 1.165) is 9.13 Å². The fourth-order valence-corrected chi connectivity index (χ4v) is 4.80. The molecule has 0 spiro atoms. The molecule has 0 atom stereocenters. The highest BCUT2D eigenvalue weighted by molar-refractivity contribution is 14.1. The summed E-state index contributed by atoms with van der Waals surface area (Å²) in [5, 5.41) is 0. The molecule has 1 fully saturated rings. The van der Waals surface area contributed by atoms with E-state index in [4.69, 9.17) is 0 Å². The number of amides is 1. The monoisotopic (exact) mass is 484 g/mol. The number of hydrogen-bond donors (Lipinski definition) is 0. The van der Waals surface area contributed by atoms with Gasteiger partial charge in [0.15, 0.2) is 0 Å². The summed E-state index contributed by atoms with van der Waals surface area (Å²) in [6, 6.07) is 14.3. The van der Waals surface area contributed by atoms with E-state index in [1.54, 1.807) is 29.2 Å². The molecule has 1 amide bonds. The van der Waals surface area contributed by atoms with E-state index in [-0.39, 0.29) is 5.91 Å². The Morgan fingerprint density at radius 1 is 0.923 bits per heavy atom. The van der Waals surface area contributed by atoms with Crippen LogP contribution in [0.4, 0.5) is 0 Å². The fraction of sp³-hybridized carbons (Fsp3) is 0.316. The molecule has 0 N–H and O–H groups in total. The Morgan fingerprint density at radius 2 is 1.58 bits per heavy atom. The summed E-state index contributed by atoms with van der Waals surface area (Å²) in [5.74, 6) is -0.0454. The lowest BCUT2D eigenvalue weighted by Gasteiger charge is -2.22. The van der Waals surface area contributed by atoms with Crippen molar-refractivity contribution < 1.29 is 13.2 Å². The van der Waals surface area contributed by atoms with Gasteiger partial charge in [-0.25, -0.2) is 8.42 Å². The largest absolute Gasteiger partial charge is 0.337 e. The minimum atomic E-state index is -3.53. The van der Waals surface area contributed by atoms with Crippen LogP contribution < -0.4 is 0 Å². The van der Waals surface area contributed by atoms with Crippen LogP contribution in [0, 0.1) is 10.5 Å². The van der Waals surface area contributed by atoms with E-state index in [9.17, 15) is 13.2 Å². The van der Waals surface area contributed by atoms with Crippen LogP contribution in [-0.4, -0.2) is 49.7 Å². The Kier molecular flexibility index (Phi) is 5.99. The quantitative estimate of drug-likeness (QED) is 0.630. The van der Waals surface area contributed by atoms with Crippen molar-refractivity contribution in [3.63, 3.8) is 0 Å². The lowest BCUT2D eigenvalue weighted by Crippen LogP contribution is -2.37. The molecular weight excluding hydrogens is 463 g/mol. The Morgan fingerprint density at radius 3 is 2.23 bits per heavy atom. The van der Waals surface area contributed by atoms with Crippen molar-refractivity contribution >= 4 is 38.5 Å². The van der Waals surface area contributed by atoms with Gasteiger partial charge in [0.1, 0.15) is 0 Å². The first-order chi connectivity index (χ1) is 12.4. The zero-order valence-corrected chi connectivity index (χ0v) is 17.5. The first-order valence-electron chi connectivity index (χ1n) is 8.49. The van der Waals surface area contributed by atoms with E-state index in [0.29, 0.717) is 43.1 Å². The number of carbonyl (C=O) groups is 1. The fourth-order valence-electron chi connectivity index (χ4n) is 2.97. The highest BCUT2D eigenvalue weighted by Gasteiger charge is 2.28. The van der Waals surface area contributed by atoms with E-state index in [1.165, 1.54) is 4.31 Å². The highest BCUT2D eigenvalue weighted by Crippen LogP contribution is 2.19. The van der Waals surface area contributed by atoms with Crippen LogP contribution in [0.5, 0.6) is 0 Å². The molecule has 0 bridgehead atoms. The number of halogens is 1.